The van der Waals surface area contributed by atoms with Crippen molar-refractivity contribution in [3.63, 3.8) is 0 Å². The molecular weight excluding hydrogens is 262 g/mol. The molecule has 2 nitrogen and oxygen atoms in total. The fourth-order valence-electron chi connectivity index (χ4n) is 2.26. The van der Waals surface area contributed by atoms with Crippen LogP contribution in [-0.2, 0) is 0 Å². The van der Waals surface area contributed by atoms with Gasteiger partial charge < -0.3 is 4.90 Å². The van der Waals surface area contributed by atoms with E-state index < -0.39 is 0 Å². The van der Waals surface area contributed by atoms with Crippen molar-refractivity contribution in [1.82, 2.24) is 4.90 Å². The van der Waals surface area contributed by atoms with Crippen LogP contribution < -0.4 is 0 Å². The molecular formula is C14H21NOS2. The Morgan fingerprint density at radius 3 is 2.83 bits per heavy atom. The van der Waals surface area contributed by atoms with E-state index >= 15 is 0 Å². The van der Waals surface area contributed by atoms with Gasteiger partial charge in [0.2, 0.25) is 0 Å². The van der Waals surface area contributed by atoms with Crippen molar-refractivity contribution in [1.29, 1.82) is 0 Å². The summed E-state index contributed by atoms with van der Waals surface area (Å²) in [6.07, 6.45) is 4.62. The molecule has 0 amide bonds. The number of likely N-dealkylation sites (tertiary alicyclic amines) is 1. The molecule has 1 fully saturated rings. The van der Waals surface area contributed by atoms with Gasteiger partial charge in [-0.25, -0.2) is 0 Å². The normalized spacial score (nSPS) is 16.9. The molecule has 2 heterocycles. The van der Waals surface area contributed by atoms with Gasteiger partial charge >= 0.3 is 0 Å². The minimum atomic E-state index is 0.313. The minimum Gasteiger partial charge on any atom is -0.303 e. The van der Waals surface area contributed by atoms with Crippen molar-refractivity contribution in [2.24, 2.45) is 0 Å². The molecule has 1 aromatic rings. The van der Waals surface area contributed by atoms with Crippen LogP contribution in [0.4, 0.5) is 0 Å². The van der Waals surface area contributed by atoms with E-state index in [1.54, 1.807) is 11.3 Å². The monoisotopic (exact) mass is 283 g/mol. The molecule has 0 saturated carbocycles. The summed E-state index contributed by atoms with van der Waals surface area (Å²) >= 11 is 3.46. The molecule has 1 aliphatic heterocycles. The van der Waals surface area contributed by atoms with Crippen LogP contribution in [0.3, 0.4) is 0 Å². The van der Waals surface area contributed by atoms with Crippen molar-refractivity contribution < 1.29 is 4.79 Å². The number of carbonyl (C=O) groups excluding carboxylic acids is 1. The lowest BCUT2D eigenvalue weighted by molar-refractivity contribution is 0.0962. The summed E-state index contributed by atoms with van der Waals surface area (Å²) in [7, 11) is 0. The van der Waals surface area contributed by atoms with Crippen LogP contribution in [0.1, 0.15) is 42.3 Å². The zero-order valence-corrected chi connectivity index (χ0v) is 12.6. The van der Waals surface area contributed by atoms with Crippen LogP contribution in [0.2, 0.25) is 0 Å². The quantitative estimate of drug-likeness (QED) is 0.583. The average Bonchev–Trinajstić information content (AvgIpc) is 2.86. The number of carbonyl (C=O) groups is 1. The van der Waals surface area contributed by atoms with Crippen LogP contribution in [0.15, 0.2) is 16.3 Å². The third kappa shape index (κ3) is 4.11. The fraction of sp³-hybridized carbons (Fsp3) is 0.643. The zero-order chi connectivity index (χ0) is 12.8. The number of rotatable bonds is 6. The molecule has 1 saturated heterocycles. The summed E-state index contributed by atoms with van der Waals surface area (Å²) in [4.78, 5) is 15.4. The number of Topliss-reactive ketones (excluding diaryl/α,β-unsaturated/α-hetero) is 1. The highest BCUT2D eigenvalue weighted by Gasteiger charge is 2.14. The van der Waals surface area contributed by atoms with E-state index in [0.717, 1.165) is 17.2 Å². The Hall–Kier alpha value is -0.320. The second-order valence-electron chi connectivity index (χ2n) is 4.63. The van der Waals surface area contributed by atoms with Gasteiger partial charge in [0, 0.05) is 13.0 Å². The molecule has 0 aliphatic carbocycles. The number of nitrogens with zero attached hydrogens (tertiary/aromatic N) is 1. The molecule has 0 atom stereocenters. The maximum atomic E-state index is 12.1. The van der Waals surface area contributed by atoms with Gasteiger partial charge in [-0.15, -0.1) is 23.1 Å². The third-order valence-electron chi connectivity index (χ3n) is 3.25. The molecule has 1 aliphatic rings. The number of hydrogen-bond acceptors (Lipinski definition) is 4. The molecule has 0 aromatic carbocycles. The van der Waals surface area contributed by atoms with Gasteiger partial charge in [0.1, 0.15) is 0 Å². The first-order valence-corrected chi connectivity index (χ1v) is 8.58. The predicted molar refractivity (Wildman–Crippen MR) is 80.0 cm³/mol. The molecule has 0 N–H and O–H groups in total. The van der Waals surface area contributed by atoms with Gasteiger partial charge in [-0.2, -0.15) is 0 Å². The summed E-state index contributed by atoms with van der Waals surface area (Å²) in [5.74, 6) is 1.38. The zero-order valence-electron chi connectivity index (χ0n) is 11.0. The van der Waals surface area contributed by atoms with E-state index in [1.165, 1.54) is 36.6 Å². The van der Waals surface area contributed by atoms with Crippen molar-refractivity contribution in [2.45, 2.75) is 36.8 Å². The number of hydrogen-bond donors (Lipinski definition) is 0. The van der Waals surface area contributed by atoms with Gasteiger partial charge in [0.25, 0.3) is 0 Å². The van der Waals surface area contributed by atoms with Gasteiger partial charge in [-0.3, -0.25) is 4.79 Å². The minimum absolute atomic E-state index is 0.313. The molecule has 0 bridgehead atoms. The lowest BCUT2D eigenvalue weighted by Gasteiger charge is -2.25. The van der Waals surface area contributed by atoms with E-state index in [1.807, 2.05) is 17.8 Å². The number of thioether (sulfide) groups is 1. The first kappa shape index (κ1) is 14.1. The predicted octanol–water partition coefficient (Wildman–Crippen LogP) is 3.92. The Morgan fingerprint density at radius 2 is 2.11 bits per heavy atom. The van der Waals surface area contributed by atoms with Crippen LogP contribution in [-0.4, -0.2) is 36.1 Å². The van der Waals surface area contributed by atoms with Gasteiger partial charge in [0.05, 0.1) is 9.09 Å². The standard InChI is InChI=1S/C14H21NOS2/c1-2-17-14-7-6-13(18-14)12(16)8-11-15-9-4-3-5-10-15/h6-7H,2-5,8-11H2,1H3. The Bertz CT molecular complexity index is 383. The van der Waals surface area contributed by atoms with E-state index in [4.69, 9.17) is 0 Å². The highest BCUT2D eigenvalue weighted by Crippen LogP contribution is 2.27. The Morgan fingerprint density at radius 1 is 1.33 bits per heavy atom. The van der Waals surface area contributed by atoms with Crippen molar-refractivity contribution in [3.05, 3.63) is 17.0 Å². The smallest absolute Gasteiger partial charge is 0.174 e. The van der Waals surface area contributed by atoms with Crippen LogP contribution in [0, 0.1) is 0 Å². The third-order valence-corrected chi connectivity index (χ3v) is 5.48. The Balaban J connectivity index is 1.79. The fourth-order valence-corrected chi connectivity index (χ4v) is 4.27. The maximum absolute atomic E-state index is 12.1. The Labute approximate surface area is 118 Å². The molecule has 0 radical (unpaired) electrons. The molecule has 0 spiro atoms. The molecule has 0 unspecified atom stereocenters. The van der Waals surface area contributed by atoms with E-state index in [2.05, 4.69) is 17.9 Å². The lowest BCUT2D eigenvalue weighted by atomic mass is 10.1. The van der Waals surface area contributed by atoms with Crippen LogP contribution in [0.25, 0.3) is 0 Å². The van der Waals surface area contributed by atoms with Gasteiger partial charge in [0.15, 0.2) is 5.78 Å². The molecule has 100 valence electrons. The second-order valence-corrected chi connectivity index (χ2v) is 7.28. The van der Waals surface area contributed by atoms with Gasteiger partial charge in [-0.05, 0) is 43.8 Å². The van der Waals surface area contributed by atoms with Crippen LogP contribution >= 0.6 is 23.1 Å². The summed E-state index contributed by atoms with van der Waals surface area (Å²) in [5, 5.41) is 0. The largest absolute Gasteiger partial charge is 0.303 e. The van der Waals surface area contributed by atoms with Crippen molar-refractivity contribution in [2.75, 3.05) is 25.4 Å². The average molecular weight is 283 g/mol. The summed E-state index contributed by atoms with van der Waals surface area (Å²) in [5.41, 5.74) is 0. The molecule has 2 rings (SSSR count). The number of ketones is 1. The first-order chi connectivity index (χ1) is 8.79. The van der Waals surface area contributed by atoms with Crippen molar-refractivity contribution >= 4 is 28.9 Å². The lowest BCUT2D eigenvalue weighted by Crippen LogP contribution is -2.31. The van der Waals surface area contributed by atoms with Crippen LogP contribution in [0.5, 0.6) is 0 Å². The first-order valence-electron chi connectivity index (χ1n) is 6.78. The van der Waals surface area contributed by atoms with Gasteiger partial charge in [-0.1, -0.05) is 13.3 Å². The van der Waals surface area contributed by atoms with Crippen molar-refractivity contribution in [3.8, 4) is 0 Å². The van der Waals surface area contributed by atoms with E-state index in [9.17, 15) is 4.79 Å². The summed E-state index contributed by atoms with van der Waals surface area (Å²) < 4.78 is 1.26. The maximum Gasteiger partial charge on any atom is 0.174 e. The SMILES string of the molecule is CCSc1ccc(C(=O)CCN2CCCCC2)s1. The number of thiophene rings is 1. The van der Waals surface area contributed by atoms with E-state index in [-0.39, 0.29) is 0 Å². The number of piperidine rings is 1. The summed E-state index contributed by atoms with van der Waals surface area (Å²) in [6, 6.07) is 4.06. The molecule has 4 heteroatoms. The highest BCUT2D eigenvalue weighted by molar-refractivity contribution is 8.01. The Kier molecular flexibility index (Phi) is 5.73. The second kappa shape index (κ2) is 7.31. The topological polar surface area (TPSA) is 20.3 Å². The molecule has 1 aromatic heterocycles. The van der Waals surface area contributed by atoms with E-state index in [0.29, 0.717) is 12.2 Å². The molecule has 18 heavy (non-hydrogen) atoms. The highest BCUT2D eigenvalue weighted by atomic mass is 32.2. The summed E-state index contributed by atoms with van der Waals surface area (Å²) in [6.45, 7) is 5.43.